The van der Waals surface area contributed by atoms with Crippen molar-refractivity contribution in [3.8, 4) is 17.6 Å². The van der Waals surface area contributed by atoms with Gasteiger partial charge >= 0.3 is 0 Å². The van der Waals surface area contributed by atoms with Gasteiger partial charge in [-0.05, 0) is 63.7 Å². The first kappa shape index (κ1) is 20.8. The van der Waals surface area contributed by atoms with Gasteiger partial charge in [0.05, 0.1) is 0 Å². The molecule has 0 aliphatic heterocycles. The van der Waals surface area contributed by atoms with Gasteiger partial charge in [-0.2, -0.15) is 0 Å². The minimum Gasteiger partial charge on any atom is -0.486 e. The second-order valence-corrected chi connectivity index (χ2v) is 8.31. The van der Waals surface area contributed by atoms with Crippen LogP contribution in [0.2, 0.25) is 0 Å². The van der Waals surface area contributed by atoms with Gasteiger partial charge in [0.2, 0.25) is 0 Å². The van der Waals surface area contributed by atoms with E-state index in [2.05, 4.69) is 62.8 Å². The number of hydrogen-bond donors (Lipinski definition) is 0. The Morgan fingerprint density at radius 2 is 1.90 bits per heavy atom. The van der Waals surface area contributed by atoms with Crippen LogP contribution in [-0.2, 0) is 13.2 Å². The van der Waals surface area contributed by atoms with Crippen molar-refractivity contribution in [2.75, 3.05) is 13.6 Å². The highest BCUT2D eigenvalue weighted by Crippen LogP contribution is 2.21. The van der Waals surface area contributed by atoms with Crippen LogP contribution in [0, 0.1) is 17.3 Å². The van der Waals surface area contributed by atoms with Crippen LogP contribution in [0.1, 0.15) is 32.1 Å². The van der Waals surface area contributed by atoms with Crippen molar-refractivity contribution in [1.82, 2.24) is 4.90 Å². The lowest BCUT2D eigenvalue weighted by Gasteiger charge is -2.15. The van der Waals surface area contributed by atoms with E-state index in [4.69, 9.17) is 9.15 Å². The molecule has 3 rings (SSSR count). The number of para-hydroxylation sites is 1. The molecule has 2 aromatic carbocycles. The molecule has 150 valence electrons. The van der Waals surface area contributed by atoms with Crippen molar-refractivity contribution in [1.29, 1.82) is 0 Å². The van der Waals surface area contributed by atoms with Gasteiger partial charge in [0, 0.05) is 23.9 Å². The first-order valence-corrected chi connectivity index (χ1v) is 9.94. The van der Waals surface area contributed by atoms with E-state index in [1.807, 2.05) is 48.5 Å². The molecule has 0 fully saturated rings. The predicted octanol–water partition coefficient (Wildman–Crippen LogP) is 6.05. The molecular formula is C26H29NO2. The molecule has 0 saturated heterocycles. The Kier molecular flexibility index (Phi) is 6.80. The average Bonchev–Trinajstić information content (AvgIpc) is 3.08. The van der Waals surface area contributed by atoms with Crippen LogP contribution >= 0.6 is 0 Å². The van der Waals surface area contributed by atoms with Gasteiger partial charge in [0.15, 0.2) is 0 Å². The Hall–Kier alpha value is -2.96. The highest BCUT2D eigenvalue weighted by atomic mass is 16.5. The smallest absolute Gasteiger partial charge is 0.146 e. The van der Waals surface area contributed by atoms with Gasteiger partial charge in [0.1, 0.15) is 23.7 Å². The Balaban J connectivity index is 1.52. The van der Waals surface area contributed by atoms with E-state index in [9.17, 15) is 0 Å². The molecule has 29 heavy (non-hydrogen) atoms. The van der Waals surface area contributed by atoms with Crippen molar-refractivity contribution in [2.45, 2.75) is 33.9 Å². The van der Waals surface area contributed by atoms with Crippen LogP contribution in [0.4, 0.5) is 0 Å². The van der Waals surface area contributed by atoms with Crippen LogP contribution in [0.25, 0.3) is 11.0 Å². The average molecular weight is 388 g/mol. The molecule has 1 aromatic heterocycles. The molecule has 0 amide bonds. The standard InChI is InChI=1S/C26H29NO2/c1-26(2,3)15-8-5-9-16-27(4)19-21-11-10-13-23(17-21)28-20-24-18-22-12-6-7-14-25(22)29-24/h5-7,9-14,17-18H,16,19-20H2,1-4H3/b9-5+. The first-order valence-electron chi connectivity index (χ1n) is 9.94. The number of fused-ring (bicyclic) bond motifs is 1. The summed E-state index contributed by atoms with van der Waals surface area (Å²) >= 11 is 0. The number of ether oxygens (including phenoxy) is 1. The summed E-state index contributed by atoms with van der Waals surface area (Å²) in [5, 5.41) is 1.10. The summed E-state index contributed by atoms with van der Waals surface area (Å²) in [7, 11) is 2.10. The third-order valence-corrected chi connectivity index (χ3v) is 4.27. The van der Waals surface area contributed by atoms with Crippen LogP contribution in [0.5, 0.6) is 5.75 Å². The lowest BCUT2D eigenvalue weighted by Crippen LogP contribution is -2.17. The first-order chi connectivity index (χ1) is 13.9. The second kappa shape index (κ2) is 9.49. The second-order valence-electron chi connectivity index (χ2n) is 8.31. The zero-order valence-electron chi connectivity index (χ0n) is 17.7. The fourth-order valence-electron chi connectivity index (χ4n) is 2.92. The van der Waals surface area contributed by atoms with Gasteiger partial charge in [-0.1, -0.05) is 48.2 Å². The van der Waals surface area contributed by atoms with Gasteiger partial charge in [0.25, 0.3) is 0 Å². The van der Waals surface area contributed by atoms with Crippen molar-refractivity contribution in [2.24, 2.45) is 5.41 Å². The minimum absolute atomic E-state index is 0.0407. The monoisotopic (exact) mass is 387 g/mol. The summed E-state index contributed by atoms with van der Waals surface area (Å²) in [4.78, 5) is 2.24. The van der Waals surface area contributed by atoms with E-state index < -0.39 is 0 Å². The third kappa shape index (κ3) is 6.85. The molecule has 0 aliphatic carbocycles. The van der Waals surface area contributed by atoms with Crippen molar-refractivity contribution in [3.63, 3.8) is 0 Å². The quantitative estimate of drug-likeness (QED) is 0.462. The summed E-state index contributed by atoms with van der Waals surface area (Å²) in [6.07, 6.45) is 4.04. The molecule has 0 aliphatic rings. The fourth-order valence-corrected chi connectivity index (χ4v) is 2.92. The third-order valence-electron chi connectivity index (χ3n) is 4.27. The van der Waals surface area contributed by atoms with E-state index in [0.29, 0.717) is 6.61 Å². The summed E-state index contributed by atoms with van der Waals surface area (Å²) in [6.45, 7) is 8.46. The summed E-state index contributed by atoms with van der Waals surface area (Å²) in [5.41, 5.74) is 2.14. The number of rotatable bonds is 7. The fraction of sp³-hybridized carbons (Fsp3) is 0.308. The largest absolute Gasteiger partial charge is 0.486 e. The topological polar surface area (TPSA) is 25.6 Å². The van der Waals surface area contributed by atoms with Gasteiger partial charge < -0.3 is 9.15 Å². The lowest BCUT2D eigenvalue weighted by molar-refractivity contribution is 0.273. The van der Waals surface area contributed by atoms with E-state index >= 15 is 0 Å². The minimum atomic E-state index is 0.0407. The van der Waals surface area contributed by atoms with Crippen LogP contribution in [0.15, 0.2) is 71.2 Å². The van der Waals surface area contributed by atoms with E-state index in [-0.39, 0.29) is 5.41 Å². The maximum absolute atomic E-state index is 5.94. The molecule has 0 bridgehead atoms. The SMILES string of the molecule is CN(C/C=C/C#CC(C)(C)C)Cc1cccc(OCc2cc3ccccc3o2)c1. The zero-order valence-corrected chi connectivity index (χ0v) is 17.7. The summed E-state index contributed by atoms with van der Waals surface area (Å²) in [5.74, 6) is 8.00. The van der Waals surface area contributed by atoms with Crippen molar-refractivity contribution >= 4 is 11.0 Å². The summed E-state index contributed by atoms with van der Waals surface area (Å²) < 4.78 is 11.8. The molecule has 0 saturated carbocycles. The van der Waals surface area contributed by atoms with Crippen molar-refractivity contribution in [3.05, 3.63) is 78.1 Å². The maximum atomic E-state index is 5.94. The van der Waals surface area contributed by atoms with E-state index in [0.717, 1.165) is 35.6 Å². The Morgan fingerprint density at radius 3 is 2.69 bits per heavy atom. The number of furan rings is 1. The Morgan fingerprint density at radius 1 is 1.07 bits per heavy atom. The van der Waals surface area contributed by atoms with Gasteiger partial charge in [-0.3, -0.25) is 4.90 Å². The molecule has 0 N–H and O–H groups in total. The molecule has 0 spiro atoms. The normalized spacial score (nSPS) is 11.8. The molecule has 3 nitrogen and oxygen atoms in total. The molecule has 3 aromatic rings. The number of hydrogen-bond acceptors (Lipinski definition) is 3. The van der Waals surface area contributed by atoms with E-state index in [1.165, 1.54) is 5.56 Å². The predicted molar refractivity (Wildman–Crippen MR) is 120 cm³/mol. The van der Waals surface area contributed by atoms with Crippen LogP contribution < -0.4 is 4.74 Å². The van der Waals surface area contributed by atoms with Crippen molar-refractivity contribution < 1.29 is 9.15 Å². The zero-order chi connectivity index (χ0) is 20.7. The van der Waals surface area contributed by atoms with Crippen LogP contribution in [0.3, 0.4) is 0 Å². The maximum Gasteiger partial charge on any atom is 0.146 e. The number of benzene rings is 2. The van der Waals surface area contributed by atoms with Gasteiger partial charge in [-0.15, -0.1) is 0 Å². The molecular weight excluding hydrogens is 358 g/mol. The number of likely N-dealkylation sites (N-methyl/N-ethyl adjacent to an activating group) is 1. The number of allylic oxidation sites excluding steroid dienone is 1. The Labute approximate surface area is 174 Å². The highest BCUT2D eigenvalue weighted by Gasteiger charge is 2.05. The highest BCUT2D eigenvalue weighted by molar-refractivity contribution is 5.77. The van der Waals surface area contributed by atoms with Gasteiger partial charge in [-0.25, -0.2) is 0 Å². The molecule has 0 unspecified atom stereocenters. The Bertz CT molecular complexity index is 995. The molecule has 3 heteroatoms. The molecule has 0 atom stereocenters. The lowest BCUT2D eigenvalue weighted by atomic mass is 9.98. The van der Waals surface area contributed by atoms with E-state index in [1.54, 1.807) is 0 Å². The molecule has 0 radical (unpaired) electrons. The van der Waals surface area contributed by atoms with Crippen LogP contribution in [-0.4, -0.2) is 18.5 Å². The summed E-state index contributed by atoms with van der Waals surface area (Å²) in [6, 6.07) is 18.2. The molecule has 1 heterocycles. The number of nitrogens with zero attached hydrogens (tertiary/aromatic N) is 1.